The van der Waals surface area contributed by atoms with E-state index in [1.807, 2.05) is 6.07 Å². The maximum absolute atomic E-state index is 13.5. The van der Waals surface area contributed by atoms with E-state index in [2.05, 4.69) is 21.3 Å². The van der Waals surface area contributed by atoms with Crippen molar-refractivity contribution in [2.24, 2.45) is 5.92 Å². The lowest BCUT2D eigenvalue weighted by molar-refractivity contribution is -0.144. The monoisotopic (exact) mass is 529 g/mol. The maximum Gasteiger partial charge on any atom is 0.246 e. The van der Waals surface area contributed by atoms with Crippen LogP contribution in [-0.4, -0.2) is 77.7 Å². The average Bonchev–Trinajstić information content (AvgIpc) is 3.53. The van der Waals surface area contributed by atoms with Crippen molar-refractivity contribution in [1.29, 1.82) is 0 Å². The van der Waals surface area contributed by atoms with Crippen LogP contribution in [0.25, 0.3) is 0 Å². The Kier molecular flexibility index (Phi) is 9.35. The van der Waals surface area contributed by atoms with Gasteiger partial charge in [-0.2, -0.15) is 0 Å². The van der Waals surface area contributed by atoms with Crippen LogP contribution >= 0.6 is 0 Å². The number of anilines is 1. The van der Waals surface area contributed by atoms with E-state index in [-0.39, 0.29) is 49.2 Å². The molecule has 0 aliphatic carbocycles. The van der Waals surface area contributed by atoms with Crippen molar-refractivity contribution in [2.75, 3.05) is 19.0 Å². The largest absolute Gasteiger partial charge is 0.368 e. The van der Waals surface area contributed by atoms with Crippen LogP contribution in [0.15, 0.2) is 24.3 Å². The fourth-order valence-electron chi connectivity index (χ4n) is 5.45. The molecule has 5 N–H and O–H groups in total. The number of aliphatic hydroxyl groups excluding tert-OH is 1. The molecule has 0 aromatic heterocycles. The summed E-state index contributed by atoms with van der Waals surface area (Å²) < 4.78 is 5.06. The van der Waals surface area contributed by atoms with Crippen molar-refractivity contribution in [3.8, 4) is 0 Å². The first-order chi connectivity index (χ1) is 18.3. The number of rotatable bonds is 8. The molecule has 0 spiro atoms. The fourth-order valence-corrected chi connectivity index (χ4v) is 5.45. The Labute approximate surface area is 223 Å². The zero-order chi connectivity index (χ0) is 27.2. The number of hydrogen-bond acceptors (Lipinski definition) is 7. The van der Waals surface area contributed by atoms with E-state index in [0.29, 0.717) is 18.5 Å². The summed E-state index contributed by atoms with van der Waals surface area (Å²) >= 11 is 0. The number of ether oxygens (including phenoxy) is 1. The molecule has 1 aromatic carbocycles. The minimum atomic E-state index is -0.911. The van der Waals surface area contributed by atoms with Gasteiger partial charge in [0.1, 0.15) is 12.1 Å². The summed E-state index contributed by atoms with van der Waals surface area (Å²) in [5.74, 6) is -1.27. The minimum absolute atomic E-state index is 0.00342. The minimum Gasteiger partial charge on any atom is -0.368 e. The van der Waals surface area contributed by atoms with Gasteiger partial charge in [-0.25, -0.2) is 0 Å². The number of nitrogens with one attached hydrogen (secondary N) is 4. The van der Waals surface area contributed by atoms with Gasteiger partial charge in [0, 0.05) is 24.7 Å². The Morgan fingerprint density at radius 3 is 2.66 bits per heavy atom. The summed E-state index contributed by atoms with van der Waals surface area (Å²) in [4.78, 5) is 53.4. The molecule has 11 nitrogen and oxygen atoms in total. The highest BCUT2D eigenvalue weighted by Crippen LogP contribution is 2.31. The third-order valence-corrected chi connectivity index (χ3v) is 7.79. The Bertz CT molecular complexity index is 1030. The second-order valence-corrected chi connectivity index (χ2v) is 10.5. The van der Waals surface area contributed by atoms with Crippen molar-refractivity contribution in [3.63, 3.8) is 0 Å². The van der Waals surface area contributed by atoms with Crippen LogP contribution in [0.2, 0.25) is 0 Å². The van der Waals surface area contributed by atoms with Crippen molar-refractivity contribution in [1.82, 2.24) is 20.9 Å². The van der Waals surface area contributed by atoms with E-state index in [9.17, 15) is 24.3 Å². The SMILES string of the molecule is CN[C@@H](C)C(=O)N[C@H]1CCCCC2CC[C@@H](C(=O)NCc3cccc(NC(=O)C4COC(O)C4)c3)N2C1=O. The molecule has 38 heavy (non-hydrogen) atoms. The molecule has 0 bridgehead atoms. The molecule has 3 aliphatic rings. The van der Waals surface area contributed by atoms with E-state index >= 15 is 0 Å². The van der Waals surface area contributed by atoms with Gasteiger partial charge in [0.05, 0.1) is 18.6 Å². The highest BCUT2D eigenvalue weighted by atomic mass is 16.6. The van der Waals surface area contributed by atoms with Crippen LogP contribution in [0.4, 0.5) is 5.69 Å². The summed E-state index contributed by atoms with van der Waals surface area (Å²) in [6, 6.07) is 5.56. The second-order valence-electron chi connectivity index (χ2n) is 10.5. The molecule has 4 rings (SSSR count). The molecule has 1 aromatic rings. The Hall–Kier alpha value is -3.02. The number of amides is 4. The molecular formula is C27H39N5O6. The van der Waals surface area contributed by atoms with E-state index < -0.39 is 30.3 Å². The third-order valence-electron chi connectivity index (χ3n) is 7.79. The number of fused-ring (bicyclic) bond motifs is 1. The molecule has 3 saturated heterocycles. The lowest BCUT2D eigenvalue weighted by Crippen LogP contribution is -2.57. The lowest BCUT2D eigenvalue weighted by Gasteiger charge is -2.35. The quantitative estimate of drug-likeness (QED) is 0.331. The normalized spacial score (nSPS) is 28.1. The van der Waals surface area contributed by atoms with E-state index in [4.69, 9.17) is 4.74 Å². The van der Waals surface area contributed by atoms with E-state index in [1.165, 1.54) is 0 Å². The van der Waals surface area contributed by atoms with Crippen LogP contribution in [0, 0.1) is 5.92 Å². The van der Waals surface area contributed by atoms with Gasteiger partial charge in [0.15, 0.2) is 6.29 Å². The van der Waals surface area contributed by atoms with Gasteiger partial charge in [0.2, 0.25) is 23.6 Å². The van der Waals surface area contributed by atoms with Gasteiger partial charge in [0.25, 0.3) is 0 Å². The van der Waals surface area contributed by atoms with Crippen molar-refractivity contribution >= 4 is 29.3 Å². The molecule has 6 atom stereocenters. The van der Waals surface area contributed by atoms with Crippen LogP contribution in [0.5, 0.6) is 0 Å². The number of aliphatic hydroxyl groups is 1. The predicted octanol–water partition coefficient (Wildman–Crippen LogP) is 0.623. The molecule has 208 valence electrons. The predicted molar refractivity (Wildman–Crippen MR) is 140 cm³/mol. The molecule has 3 heterocycles. The molecule has 0 radical (unpaired) electrons. The maximum atomic E-state index is 13.5. The molecule has 3 aliphatic heterocycles. The van der Waals surface area contributed by atoms with E-state index in [0.717, 1.165) is 31.2 Å². The zero-order valence-corrected chi connectivity index (χ0v) is 22.1. The number of carbonyl (C=O) groups excluding carboxylic acids is 4. The smallest absolute Gasteiger partial charge is 0.246 e. The van der Waals surface area contributed by atoms with Gasteiger partial charge in [-0.05, 0) is 57.4 Å². The van der Waals surface area contributed by atoms with Crippen molar-refractivity contribution in [2.45, 2.75) is 88.9 Å². The first-order valence-corrected chi connectivity index (χ1v) is 13.5. The fraction of sp³-hybridized carbons (Fsp3) is 0.630. The Morgan fingerprint density at radius 1 is 1.13 bits per heavy atom. The summed E-state index contributed by atoms with van der Waals surface area (Å²) in [6.07, 6.45) is 3.91. The number of likely N-dealkylation sites (N-methyl/N-ethyl adjacent to an activating group) is 1. The molecule has 3 fully saturated rings. The summed E-state index contributed by atoms with van der Waals surface area (Å²) in [6.45, 7) is 2.17. The second kappa shape index (κ2) is 12.7. The summed E-state index contributed by atoms with van der Waals surface area (Å²) in [5.41, 5.74) is 1.40. The van der Waals surface area contributed by atoms with Gasteiger partial charge in [-0.3, -0.25) is 19.2 Å². The van der Waals surface area contributed by atoms with Gasteiger partial charge in [-0.1, -0.05) is 25.0 Å². The number of benzene rings is 1. The lowest BCUT2D eigenvalue weighted by atomic mass is 9.98. The number of nitrogens with zero attached hydrogens (tertiary/aromatic N) is 1. The van der Waals surface area contributed by atoms with Crippen LogP contribution in [0.3, 0.4) is 0 Å². The molecular weight excluding hydrogens is 490 g/mol. The number of carbonyl (C=O) groups is 4. The van der Waals surface area contributed by atoms with Crippen molar-refractivity contribution < 1.29 is 29.0 Å². The summed E-state index contributed by atoms with van der Waals surface area (Å²) in [5, 5.41) is 21.1. The van der Waals surface area contributed by atoms with Crippen LogP contribution in [-0.2, 0) is 30.5 Å². The number of hydrogen-bond donors (Lipinski definition) is 5. The first-order valence-electron chi connectivity index (χ1n) is 13.5. The highest BCUT2D eigenvalue weighted by molar-refractivity contribution is 5.94. The topological polar surface area (TPSA) is 149 Å². The Morgan fingerprint density at radius 2 is 1.92 bits per heavy atom. The molecule has 3 unspecified atom stereocenters. The van der Waals surface area contributed by atoms with E-state index in [1.54, 1.807) is 37.1 Å². The molecule has 11 heteroatoms. The molecule has 0 saturated carbocycles. The standard InChI is InChI=1S/C27H39N5O6/c1-16(28-2)24(34)31-21-9-4-3-8-20-10-11-22(32(20)27(21)37)26(36)29-14-17-6-5-7-19(12-17)30-25(35)18-13-23(33)38-15-18/h5-7,12,16,18,20-23,28,33H,3-4,8-11,13-15H2,1-2H3,(H,29,36)(H,30,35)(H,31,34)/t16-,18?,20?,21-,22-,23?/m0/s1. The highest BCUT2D eigenvalue weighted by Gasteiger charge is 2.43. The van der Waals surface area contributed by atoms with Gasteiger partial charge < -0.3 is 36.0 Å². The van der Waals surface area contributed by atoms with Gasteiger partial charge >= 0.3 is 0 Å². The van der Waals surface area contributed by atoms with Gasteiger partial charge in [-0.15, -0.1) is 0 Å². The van der Waals surface area contributed by atoms with Crippen molar-refractivity contribution in [3.05, 3.63) is 29.8 Å². The Balaban J connectivity index is 1.36. The van der Waals surface area contributed by atoms with Crippen LogP contribution in [0.1, 0.15) is 57.4 Å². The zero-order valence-electron chi connectivity index (χ0n) is 22.1. The summed E-state index contributed by atoms with van der Waals surface area (Å²) in [7, 11) is 1.70. The average molecular weight is 530 g/mol. The van der Waals surface area contributed by atoms with Crippen LogP contribution < -0.4 is 21.3 Å². The molecule has 4 amide bonds. The third kappa shape index (κ3) is 6.69. The first kappa shape index (κ1) is 28.0.